The normalized spacial score (nSPS) is 9.93. The highest BCUT2D eigenvalue weighted by atomic mass is 16.5. The van der Waals surface area contributed by atoms with Crippen LogP contribution in [0.5, 0.6) is 0 Å². The first-order chi connectivity index (χ1) is 6.56. The van der Waals surface area contributed by atoms with Gasteiger partial charge in [-0.25, -0.2) is 4.79 Å². The van der Waals surface area contributed by atoms with Gasteiger partial charge in [0.25, 0.3) is 0 Å². The Morgan fingerprint density at radius 1 is 1.36 bits per heavy atom. The Hall–Kier alpha value is -1.51. The number of aryl methyl sites for hydroxylation is 2. The van der Waals surface area contributed by atoms with Crippen LogP contribution in [0.3, 0.4) is 0 Å². The van der Waals surface area contributed by atoms with E-state index >= 15 is 0 Å². The minimum Gasteiger partial charge on any atom is -0.462 e. The molecule has 0 spiro atoms. The number of ether oxygens (including phenoxy) is 1. The number of rotatable bonds is 2. The van der Waals surface area contributed by atoms with E-state index in [4.69, 9.17) is 10.5 Å². The lowest BCUT2D eigenvalue weighted by Crippen LogP contribution is -2.08. The van der Waals surface area contributed by atoms with Gasteiger partial charge in [0.05, 0.1) is 12.2 Å². The van der Waals surface area contributed by atoms with Crippen molar-refractivity contribution in [1.82, 2.24) is 0 Å². The molecule has 0 fully saturated rings. The highest BCUT2D eigenvalue weighted by molar-refractivity contribution is 5.95. The van der Waals surface area contributed by atoms with E-state index in [0.717, 1.165) is 11.1 Å². The molecule has 0 atom stereocenters. The zero-order chi connectivity index (χ0) is 10.7. The van der Waals surface area contributed by atoms with Crippen LogP contribution in [0.25, 0.3) is 0 Å². The maximum Gasteiger partial charge on any atom is 0.340 e. The predicted octanol–water partition coefficient (Wildman–Crippen LogP) is 2.06. The molecule has 1 aromatic carbocycles. The average Bonchev–Trinajstić information content (AvgIpc) is 2.11. The minimum atomic E-state index is -0.354. The van der Waals surface area contributed by atoms with Crippen LogP contribution in [0.1, 0.15) is 28.4 Å². The first kappa shape index (κ1) is 10.6. The largest absolute Gasteiger partial charge is 0.462 e. The van der Waals surface area contributed by atoms with E-state index in [-0.39, 0.29) is 5.97 Å². The SMILES string of the molecule is CCOC(=O)c1cc(C)c(C)cc1N. The van der Waals surface area contributed by atoms with Gasteiger partial charge in [-0.1, -0.05) is 0 Å². The van der Waals surface area contributed by atoms with E-state index in [0.29, 0.717) is 17.9 Å². The molecule has 0 bridgehead atoms. The van der Waals surface area contributed by atoms with Crippen molar-refractivity contribution in [3.8, 4) is 0 Å². The molecule has 0 saturated heterocycles. The van der Waals surface area contributed by atoms with Gasteiger partial charge < -0.3 is 10.5 Å². The lowest BCUT2D eigenvalue weighted by Gasteiger charge is -2.08. The summed E-state index contributed by atoms with van der Waals surface area (Å²) in [6, 6.07) is 3.56. The minimum absolute atomic E-state index is 0.354. The summed E-state index contributed by atoms with van der Waals surface area (Å²) in [7, 11) is 0. The van der Waals surface area contributed by atoms with E-state index in [2.05, 4.69) is 0 Å². The monoisotopic (exact) mass is 193 g/mol. The van der Waals surface area contributed by atoms with E-state index in [1.54, 1.807) is 19.1 Å². The van der Waals surface area contributed by atoms with Gasteiger partial charge in [0.2, 0.25) is 0 Å². The standard InChI is InChI=1S/C11H15NO2/c1-4-14-11(13)9-5-7(2)8(3)6-10(9)12/h5-6H,4,12H2,1-3H3. The molecular weight excluding hydrogens is 178 g/mol. The van der Waals surface area contributed by atoms with Crippen LogP contribution in [0, 0.1) is 13.8 Å². The Kier molecular flexibility index (Phi) is 3.12. The van der Waals surface area contributed by atoms with Crippen LogP contribution in [0.15, 0.2) is 12.1 Å². The van der Waals surface area contributed by atoms with E-state index < -0.39 is 0 Å². The molecule has 0 aromatic heterocycles. The predicted molar refractivity (Wildman–Crippen MR) is 56.3 cm³/mol. The van der Waals surface area contributed by atoms with Crippen molar-refractivity contribution in [1.29, 1.82) is 0 Å². The summed E-state index contributed by atoms with van der Waals surface area (Å²) in [6.45, 7) is 6.04. The number of benzene rings is 1. The lowest BCUT2D eigenvalue weighted by atomic mass is 10.0. The third kappa shape index (κ3) is 2.05. The quantitative estimate of drug-likeness (QED) is 0.577. The molecule has 76 valence electrons. The van der Waals surface area contributed by atoms with Gasteiger partial charge in [0, 0.05) is 5.69 Å². The summed E-state index contributed by atoms with van der Waals surface area (Å²) in [4.78, 5) is 11.4. The summed E-state index contributed by atoms with van der Waals surface area (Å²) in [6.07, 6.45) is 0. The van der Waals surface area contributed by atoms with E-state index in [1.165, 1.54) is 0 Å². The van der Waals surface area contributed by atoms with Crippen LogP contribution in [-0.2, 0) is 4.74 Å². The molecule has 1 rings (SSSR count). The highest BCUT2D eigenvalue weighted by Crippen LogP contribution is 2.18. The number of anilines is 1. The van der Waals surface area contributed by atoms with Crippen LogP contribution in [0.2, 0.25) is 0 Å². The molecule has 0 unspecified atom stereocenters. The zero-order valence-electron chi connectivity index (χ0n) is 8.76. The lowest BCUT2D eigenvalue weighted by molar-refractivity contribution is 0.0527. The molecule has 1 aromatic rings. The summed E-state index contributed by atoms with van der Waals surface area (Å²) in [5.74, 6) is -0.354. The van der Waals surface area contributed by atoms with Crippen molar-refractivity contribution in [3.63, 3.8) is 0 Å². The van der Waals surface area contributed by atoms with Gasteiger partial charge in [-0.2, -0.15) is 0 Å². The molecule has 0 radical (unpaired) electrons. The van der Waals surface area contributed by atoms with Crippen LogP contribution in [-0.4, -0.2) is 12.6 Å². The van der Waals surface area contributed by atoms with E-state index in [1.807, 2.05) is 13.8 Å². The number of nitrogen functional groups attached to an aromatic ring is 1. The Bertz CT molecular complexity index is 359. The molecule has 0 aliphatic carbocycles. The maximum atomic E-state index is 11.4. The van der Waals surface area contributed by atoms with Gasteiger partial charge in [0.15, 0.2) is 0 Å². The molecule has 14 heavy (non-hydrogen) atoms. The highest BCUT2D eigenvalue weighted by Gasteiger charge is 2.11. The second-order valence-corrected chi connectivity index (χ2v) is 3.24. The van der Waals surface area contributed by atoms with Crippen molar-refractivity contribution in [2.45, 2.75) is 20.8 Å². The average molecular weight is 193 g/mol. The maximum absolute atomic E-state index is 11.4. The Balaban J connectivity index is 3.09. The molecule has 0 heterocycles. The van der Waals surface area contributed by atoms with Crippen molar-refractivity contribution in [2.24, 2.45) is 0 Å². The first-order valence-electron chi connectivity index (χ1n) is 4.60. The zero-order valence-corrected chi connectivity index (χ0v) is 8.76. The molecule has 0 aliphatic heterocycles. The van der Waals surface area contributed by atoms with Crippen LogP contribution >= 0.6 is 0 Å². The summed E-state index contributed by atoms with van der Waals surface area (Å²) in [5, 5.41) is 0. The number of carbonyl (C=O) groups is 1. The van der Waals surface area contributed by atoms with Crippen molar-refractivity contribution in [2.75, 3.05) is 12.3 Å². The molecule has 3 heteroatoms. The van der Waals surface area contributed by atoms with Gasteiger partial charge in [-0.15, -0.1) is 0 Å². The first-order valence-corrected chi connectivity index (χ1v) is 4.60. The van der Waals surface area contributed by atoms with Crippen LogP contribution in [0.4, 0.5) is 5.69 Å². The van der Waals surface area contributed by atoms with Gasteiger partial charge in [-0.3, -0.25) is 0 Å². The molecule has 0 saturated carbocycles. The molecule has 2 N–H and O–H groups in total. The Labute approximate surface area is 83.9 Å². The number of nitrogens with two attached hydrogens (primary N) is 1. The number of carbonyl (C=O) groups excluding carboxylic acids is 1. The fourth-order valence-corrected chi connectivity index (χ4v) is 1.22. The fourth-order valence-electron chi connectivity index (χ4n) is 1.22. The Morgan fingerprint density at radius 3 is 2.50 bits per heavy atom. The molecule has 0 amide bonds. The number of hydrogen-bond donors (Lipinski definition) is 1. The number of esters is 1. The summed E-state index contributed by atoms with van der Waals surface area (Å²) >= 11 is 0. The molecular formula is C11H15NO2. The summed E-state index contributed by atoms with van der Waals surface area (Å²) < 4.78 is 4.88. The van der Waals surface area contributed by atoms with Gasteiger partial charge in [-0.05, 0) is 44.0 Å². The smallest absolute Gasteiger partial charge is 0.340 e. The van der Waals surface area contributed by atoms with Crippen molar-refractivity contribution in [3.05, 3.63) is 28.8 Å². The Morgan fingerprint density at radius 2 is 1.93 bits per heavy atom. The molecule has 0 aliphatic rings. The van der Waals surface area contributed by atoms with Crippen LogP contribution < -0.4 is 5.73 Å². The summed E-state index contributed by atoms with van der Waals surface area (Å²) in [5.41, 5.74) is 8.78. The van der Waals surface area contributed by atoms with Crippen molar-refractivity contribution < 1.29 is 9.53 Å². The van der Waals surface area contributed by atoms with Crippen molar-refractivity contribution >= 4 is 11.7 Å². The third-order valence-corrected chi connectivity index (χ3v) is 2.16. The topological polar surface area (TPSA) is 52.3 Å². The van der Waals surface area contributed by atoms with Gasteiger partial charge >= 0.3 is 5.97 Å². The fraction of sp³-hybridized carbons (Fsp3) is 0.364. The second kappa shape index (κ2) is 4.13. The molecule has 3 nitrogen and oxygen atoms in total. The van der Waals surface area contributed by atoms with E-state index in [9.17, 15) is 4.79 Å². The third-order valence-electron chi connectivity index (χ3n) is 2.16. The second-order valence-electron chi connectivity index (χ2n) is 3.24. The number of hydrogen-bond acceptors (Lipinski definition) is 3. The van der Waals surface area contributed by atoms with Gasteiger partial charge in [0.1, 0.15) is 0 Å².